The third kappa shape index (κ3) is 4.67. The predicted molar refractivity (Wildman–Crippen MR) is 133 cm³/mol. The topological polar surface area (TPSA) is 110 Å². The summed E-state index contributed by atoms with van der Waals surface area (Å²) in [6.45, 7) is 9.38. The van der Waals surface area contributed by atoms with E-state index in [1.165, 1.54) is 0 Å². The summed E-state index contributed by atoms with van der Waals surface area (Å²) in [5.74, 6) is -0.156. The van der Waals surface area contributed by atoms with Crippen LogP contribution in [0.25, 0.3) is 22.4 Å². The van der Waals surface area contributed by atoms with E-state index in [-0.39, 0.29) is 11.3 Å². The van der Waals surface area contributed by atoms with Crippen LogP contribution in [-0.4, -0.2) is 42.4 Å². The molecule has 0 aliphatic carbocycles. The van der Waals surface area contributed by atoms with Crippen molar-refractivity contribution in [2.75, 3.05) is 5.75 Å². The first kappa shape index (κ1) is 23.5. The lowest BCUT2D eigenvalue weighted by Gasteiger charge is -2.20. The number of nitrogens with zero attached hydrogens (tertiary/aromatic N) is 4. The van der Waals surface area contributed by atoms with E-state index >= 15 is 0 Å². The number of carbonyl (C=O) groups is 2. The largest absolute Gasteiger partial charge is 0.333 e. The molecule has 4 aromatic rings. The molecule has 0 atom stereocenters. The first-order chi connectivity index (χ1) is 16.0. The molecule has 4 rings (SSSR count). The zero-order valence-corrected chi connectivity index (χ0v) is 20.5. The molecule has 0 fully saturated rings. The van der Waals surface area contributed by atoms with E-state index in [2.05, 4.69) is 20.8 Å². The van der Waals surface area contributed by atoms with E-state index in [1.54, 1.807) is 15.0 Å². The first-order valence-electron chi connectivity index (χ1n) is 10.8. The molecule has 2 aromatic heterocycles. The molecule has 0 aliphatic rings. The van der Waals surface area contributed by atoms with Crippen molar-refractivity contribution in [1.82, 2.24) is 29.8 Å². The number of nitrogens with one attached hydrogen (secondary N) is 2. The van der Waals surface area contributed by atoms with Gasteiger partial charge in [-0.1, -0.05) is 36.0 Å². The monoisotopic (exact) mass is 478 g/mol. The van der Waals surface area contributed by atoms with Crippen LogP contribution in [0.1, 0.15) is 31.9 Å². The molecular formula is C24H26N6O3S. The summed E-state index contributed by atoms with van der Waals surface area (Å²) in [4.78, 5) is 37.8. The van der Waals surface area contributed by atoms with E-state index in [4.69, 9.17) is 0 Å². The Hall–Kier alpha value is -3.66. The second kappa shape index (κ2) is 8.94. The van der Waals surface area contributed by atoms with Gasteiger partial charge in [-0.3, -0.25) is 19.3 Å². The molecule has 2 heterocycles. The van der Waals surface area contributed by atoms with Gasteiger partial charge in [-0.25, -0.2) is 9.36 Å². The summed E-state index contributed by atoms with van der Waals surface area (Å²) in [6.07, 6.45) is 0. The average Bonchev–Trinajstić information content (AvgIpc) is 3.17. The molecular weight excluding hydrogens is 452 g/mol. The van der Waals surface area contributed by atoms with Crippen molar-refractivity contribution < 1.29 is 9.59 Å². The van der Waals surface area contributed by atoms with Crippen molar-refractivity contribution in [3.05, 3.63) is 63.9 Å². The molecule has 0 aliphatic heterocycles. The molecule has 2 N–H and O–H groups in total. The Morgan fingerprint density at radius 2 is 1.79 bits per heavy atom. The minimum Gasteiger partial charge on any atom is -0.333 e. The number of urea groups is 1. The number of hydrogen-bond acceptors (Lipinski definition) is 6. The Morgan fingerprint density at radius 1 is 1.06 bits per heavy atom. The summed E-state index contributed by atoms with van der Waals surface area (Å²) in [5, 5.41) is 14.5. The van der Waals surface area contributed by atoms with Crippen LogP contribution in [0.2, 0.25) is 0 Å². The van der Waals surface area contributed by atoms with Crippen molar-refractivity contribution in [2.24, 2.45) is 0 Å². The molecule has 3 amide bonds. The fourth-order valence-corrected chi connectivity index (χ4v) is 4.35. The summed E-state index contributed by atoms with van der Waals surface area (Å²) < 4.78 is 3.32. The maximum atomic E-state index is 13.5. The molecule has 0 saturated carbocycles. The molecule has 34 heavy (non-hydrogen) atoms. The third-order valence-corrected chi connectivity index (χ3v) is 6.00. The molecule has 0 radical (unpaired) electrons. The van der Waals surface area contributed by atoms with Gasteiger partial charge in [0.15, 0.2) is 5.16 Å². The van der Waals surface area contributed by atoms with E-state index in [9.17, 15) is 14.4 Å². The van der Waals surface area contributed by atoms with Gasteiger partial charge >= 0.3 is 6.03 Å². The highest BCUT2D eigenvalue weighted by Crippen LogP contribution is 2.24. The van der Waals surface area contributed by atoms with Crippen LogP contribution < -0.4 is 16.2 Å². The lowest BCUT2D eigenvalue weighted by Crippen LogP contribution is -2.48. The van der Waals surface area contributed by atoms with Crippen LogP contribution in [0.3, 0.4) is 0 Å². The number of imide groups is 1. The van der Waals surface area contributed by atoms with Crippen LogP contribution in [-0.2, 0) is 4.79 Å². The number of amides is 3. The SMILES string of the molecule is Cc1ccc(C)c(-n2c(=O)c3ccccc3n3c(SCC(=O)NC(=O)NC(C)(C)C)nnc23)c1. The van der Waals surface area contributed by atoms with Crippen LogP contribution >= 0.6 is 11.8 Å². The van der Waals surface area contributed by atoms with Gasteiger partial charge in [0.2, 0.25) is 11.7 Å². The van der Waals surface area contributed by atoms with Crippen molar-refractivity contribution in [3.63, 3.8) is 0 Å². The van der Waals surface area contributed by atoms with Gasteiger partial charge in [-0.2, -0.15) is 0 Å². The lowest BCUT2D eigenvalue weighted by molar-refractivity contribution is -0.117. The number of carbonyl (C=O) groups excluding carboxylic acids is 2. The molecule has 0 bridgehead atoms. The number of para-hydroxylation sites is 1. The standard InChI is InChI=1S/C24H26N6O3S/c1-14-10-11-15(2)18(12-14)29-20(32)16-8-6-7-9-17(16)30-22(29)27-28-23(30)34-13-19(31)25-21(33)26-24(3,4)5/h6-12H,13H2,1-5H3,(H2,25,26,31,33). The Balaban J connectivity index is 1.75. The van der Waals surface area contributed by atoms with E-state index < -0.39 is 17.5 Å². The van der Waals surface area contributed by atoms with Gasteiger partial charge in [-0.15, -0.1) is 10.2 Å². The van der Waals surface area contributed by atoms with Gasteiger partial charge < -0.3 is 5.32 Å². The molecule has 10 heteroatoms. The maximum Gasteiger partial charge on any atom is 0.321 e. The number of hydrogen-bond donors (Lipinski definition) is 2. The van der Waals surface area contributed by atoms with Crippen LogP contribution in [0.4, 0.5) is 4.79 Å². The number of aryl methyl sites for hydroxylation is 2. The highest BCUT2D eigenvalue weighted by molar-refractivity contribution is 7.99. The molecule has 176 valence electrons. The van der Waals surface area contributed by atoms with Gasteiger partial charge in [0, 0.05) is 5.54 Å². The van der Waals surface area contributed by atoms with Crippen LogP contribution in [0.15, 0.2) is 52.4 Å². The average molecular weight is 479 g/mol. The summed E-state index contributed by atoms with van der Waals surface area (Å²) >= 11 is 1.14. The van der Waals surface area contributed by atoms with Crippen molar-refractivity contribution in [3.8, 4) is 5.69 Å². The second-order valence-electron chi connectivity index (χ2n) is 9.11. The van der Waals surface area contributed by atoms with Gasteiger partial charge in [0.25, 0.3) is 5.56 Å². The third-order valence-electron chi connectivity index (χ3n) is 5.07. The summed E-state index contributed by atoms with van der Waals surface area (Å²) in [7, 11) is 0. The van der Waals surface area contributed by atoms with Gasteiger partial charge in [-0.05, 0) is 63.9 Å². The highest BCUT2D eigenvalue weighted by Gasteiger charge is 2.20. The zero-order chi connectivity index (χ0) is 24.6. The number of aromatic nitrogens is 4. The summed E-state index contributed by atoms with van der Waals surface area (Å²) in [6, 6.07) is 12.6. The summed E-state index contributed by atoms with van der Waals surface area (Å²) in [5.41, 5.74) is 2.64. The Kier molecular flexibility index (Phi) is 6.18. The fraction of sp³-hybridized carbons (Fsp3) is 0.292. The number of rotatable bonds is 4. The maximum absolute atomic E-state index is 13.5. The number of thioether (sulfide) groups is 1. The fourth-order valence-electron chi connectivity index (χ4n) is 3.61. The quantitative estimate of drug-likeness (QED) is 0.435. The normalized spacial score (nSPS) is 11.7. The Bertz CT molecular complexity index is 1480. The zero-order valence-electron chi connectivity index (χ0n) is 19.7. The van der Waals surface area contributed by atoms with E-state index in [1.807, 2.05) is 71.0 Å². The van der Waals surface area contributed by atoms with Gasteiger partial charge in [0.05, 0.1) is 22.3 Å². The number of benzene rings is 2. The Morgan fingerprint density at radius 3 is 2.53 bits per heavy atom. The smallest absolute Gasteiger partial charge is 0.321 e. The van der Waals surface area contributed by atoms with E-state index in [0.717, 1.165) is 28.6 Å². The van der Waals surface area contributed by atoms with Crippen molar-refractivity contribution in [1.29, 1.82) is 0 Å². The number of fused-ring (bicyclic) bond motifs is 3. The Labute approximate surface area is 200 Å². The first-order valence-corrected chi connectivity index (χ1v) is 11.7. The second-order valence-corrected chi connectivity index (χ2v) is 10.0. The van der Waals surface area contributed by atoms with Crippen LogP contribution in [0, 0.1) is 13.8 Å². The molecule has 0 spiro atoms. The lowest BCUT2D eigenvalue weighted by atomic mass is 10.1. The molecule has 2 aromatic carbocycles. The molecule has 0 saturated heterocycles. The predicted octanol–water partition coefficient (Wildman–Crippen LogP) is 3.37. The highest BCUT2D eigenvalue weighted by atomic mass is 32.2. The van der Waals surface area contributed by atoms with E-state index in [0.29, 0.717) is 21.8 Å². The van der Waals surface area contributed by atoms with Crippen molar-refractivity contribution >= 4 is 40.4 Å². The minimum atomic E-state index is -0.557. The van der Waals surface area contributed by atoms with Crippen LogP contribution in [0.5, 0.6) is 0 Å². The minimum absolute atomic E-state index is 0.0463. The molecule has 0 unspecified atom stereocenters. The van der Waals surface area contributed by atoms with Gasteiger partial charge in [0.1, 0.15) is 0 Å². The van der Waals surface area contributed by atoms with Crippen molar-refractivity contribution in [2.45, 2.75) is 45.3 Å². The molecule has 9 nitrogen and oxygen atoms in total.